The second kappa shape index (κ2) is 4.94. The Morgan fingerprint density at radius 2 is 2.33 bits per heavy atom. The fourth-order valence-corrected chi connectivity index (χ4v) is 2.77. The monoisotopic (exact) mass is 225 g/mol. The highest BCUT2D eigenvalue weighted by atomic mass is 32.1. The molecule has 0 amide bonds. The van der Waals surface area contributed by atoms with Crippen LogP contribution in [-0.2, 0) is 6.42 Å². The van der Waals surface area contributed by atoms with Crippen LogP contribution in [0, 0.1) is 0 Å². The third-order valence-corrected chi connectivity index (χ3v) is 3.74. The Morgan fingerprint density at radius 1 is 1.53 bits per heavy atom. The van der Waals surface area contributed by atoms with Gasteiger partial charge in [-0.15, -0.1) is 11.3 Å². The zero-order valence-corrected chi connectivity index (χ0v) is 10.3. The zero-order chi connectivity index (χ0) is 10.7. The van der Waals surface area contributed by atoms with Gasteiger partial charge in [0.05, 0.1) is 11.7 Å². The molecular formula is C11H19N3S. The van der Waals surface area contributed by atoms with Gasteiger partial charge in [0.15, 0.2) is 5.13 Å². The Kier molecular flexibility index (Phi) is 3.59. The number of thiazole rings is 1. The summed E-state index contributed by atoms with van der Waals surface area (Å²) >= 11 is 1.79. The second-order valence-electron chi connectivity index (χ2n) is 3.98. The van der Waals surface area contributed by atoms with Crippen LogP contribution in [0.4, 0.5) is 5.13 Å². The van der Waals surface area contributed by atoms with E-state index in [2.05, 4.69) is 34.4 Å². The van der Waals surface area contributed by atoms with Gasteiger partial charge in [0, 0.05) is 25.0 Å². The van der Waals surface area contributed by atoms with Crippen molar-refractivity contribution in [1.29, 1.82) is 0 Å². The lowest BCUT2D eigenvalue weighted by molar-refractivity contribution is 0.412. The number of hydrogen-bond donors (Lipinski definition) is 1. The molecular weight excluding hydrogens is 206 g/mol. The first-order valence-corrected chi connectivity index (χ1v) is 6.64. The summed E-state index contributed by atoms with van der Waals surface area (Å²) in [7, 11) is 0. The number of nitrogens with one attached hydrogen (secondary N) is 1. The predicted octanol–water partition coefficient (Wildman–Crippen LogP) is 1.89. The average molecular weight is 225 g/mol. The maximum Gasteiger partial charge on any atom is 0.185 e. The molecule has 0 bridgehead atoms. The highest BCUT2D eigenvalue weighted by Crippen LogP contribution is 2.24. The van der Waals surface area contributed by atoms with Gasteiger partial charge in [0.25, 0.3) is 0 Å². The van der Waals surface area contributed by atoms with Crippen molar-refractivity contribution < 1.29 is 0 Å². The summed E-state index contributed by atoms with van der Waals surface area (Å²) in [4.78, 5) is 7.13. The Balaban J connectivity index is 2.08. The number of hydrogen-bond acceptors (Lipinski definition) is 4. The molecule has 3 nitrogen and oxygen atoms in total. The van der Waals surface area contributed by atoms with Gasteiger partial charge in [0.2, 0.25) is 0 Å². The maximum absolute atomic E-state index is 4.67. The lowest BCUT2D eigenvalue weighted by Crippen LogP contribution is -2.57. The molecule has 2 rings (SSSR count). The van der Waals surface area contributed by atoms with Crippen molar-refractivity contribution in [3.63, 3.8) is 0 Å². The first-order chi connectivity index (χ1) is 7.35. The van der Waals surface area contributed by atoms with E-state index in [1.54, 1.807) is 11.3 Å². The minimum absolute atomic E-state index is 0.667. The molecule has 15 heavy (non-hydrogen) atoms. The van der Waals surface area contributed by atoms with E-state index in [0.29, 0.717) is 6.04 Å². The smallest absolute Gasteiger partial charge is 0.185 e. The number of anilines is 1. The molecule has 2 heterocycles. The summed E-state index contributed by atoms with van der Waals surface area (Å²) in [6.45, 7) is 7.74. The average Bonchev–Trinajstić information content (AvgIpc) is 2.62. The van der Waals surface area contributed by atoms with E-state index in [1.807, 2.05) is 0 Å². The van der Waals surface area contributed by atoms with Gasteiger partial charge in [-0.1, -0.05) is 13.8 Å². The minimum Gasteiger partial charge on any atom is -0.343 e. The van der Waals surface area contributed by atoms with Gasteiger partial charge in [-0.2, -0.15) is 0 Å². The van der Waals surface area contributed by atoms with E-state index >= 15 is 0 Å². The maximum atomic E-state index is 4.67. The van der Waals surface area contributed by atoms with Gasteiger partial charge in [-0.05, 0) is 12.8 Å². The SMILES string of the molecule is CCCN(c1nc(CC)cs1)C1CNC1. The van der Waals surface area contributed by atoms with Crippen LogP contribution in [-0.4, -0.2) is 30.7 Å². The highest BCUT2D eigenvalue weighted by molar-refractivity contribution is 7.13. The van der Waals surface area contributed by atoms with Crippen molar-refractivity contribution in [2.24, 2.45) is 0 Å². The van der Waals surface area contributed by atoms with Crippen molar-refractivity contribution >= 4 is 16.5 Å². The molecule has 1 fully saturated rings. The van der Waals surface area contributed by atoms with E-state index in [1.165, 1.54) is 17.2 Å². The molecule has 1 aliphatic heterocycles. The molecule has 1 aromatic heterocycles. The molecule has 0 unspecified atom stereocenters. The van der Waals surface area contributed by atoms with Crippen molar-refractivity contribution in [3.05, 3.63) is 11.1 Å². The fraction of sp³-hybridized carbons (Fsp3) is 0.727. The molecule has 0 atom stereocenters. The largest absolute Gasteiger partial charge is 0.343 e. The van der Waals surface area contributed by atoms with Crippen molar-refractivity contribution in [1.82, 2.24) is 10.3 Å². The summed E-state index contributed by atoms with van der Waals surface area (Å²) in [6.07, 6.45) is 2.23. The van der Waals surface area contributed by atoms with Gasteiger partial charge in [0.1, 0.15) is 0 Å². The lowest BCUT2D eigenvalue weighted by Gasteiger charge is -2.38. The van der Waals surface area contributed by atoms with Crippen LogP contribution >= 0.6 is 11.3 Å². The molecule has 0 aliphatic carbocycles. The Hall–Kier alpha value is -0.610. The van der Waals surface area contributed by atoms with E-state index in [-0.39, 0.29) is 0 Å². The third-order valence-electron chi connectivity index (χ3n) is 2.81. The van der Waals surface area contributed by atoms with Crippen LogP contribution in [0.5, 0.6) is 0 Å². The standard InChI is InChI=1S/C11H19N3S/c1-3-5-14(10-6-12-7-10)11-13-9(4-2)8-15-11/h8,10,12H,3-7H2,1-2H3. The second-order valence-corrected chi connectivity index (χ2v) is 4.82. The van der Waals surface area contributed by atoms with E-state index in [9.17, 15) is 0 Å². The fourth-order valence-electron chi connectivity index (χ4n) is 1.76. The Labute approximate surface area is 95.5 Å². The predicted molar refractivity (Wildman–Crippen MR) is 65.8 cm³/mol. The summed E-state index contributed by atoms with van der Waals surface area (Å²) in [5, 5.41) is 6.72. The first kappa shape index (κ1) is 10.9. The number of nitrogens with zero attached hydrogens (tertiary/aromatic N) is 2. The third kappa shape index (κ3) is 2.32. The molecule has 0 spiro atoms. The highest BCUT2D eigenvalue weighted by Gasteiger charge is 2.25. The van der Waals surface area contributed by atoms with Crippen LogP contribution in [0.2, 0.25) is 0 Å². The molecule has 1 aliphatic rings. The Morgan fingerprint density at radius 3 is 2.80 bits per heavy atom. The summed E-state index contributed by atoms with van der Waals surface area (Å²) in [5.41, 5.74) is 1.23. The molecule has 1 saturated heterocycles. The van der Waals surface area contributed by atoms with Crippen LogP contribution in [0.3, 0.4) is 0 Å². The van der Waals surface area contributed by atoms with Crippen molar-refractivity contribution in [3.8, 4) is 0 Å². The molecule has 1 N–H and O–H groups in total. The van der Waals surface area contributed by atoms with Gasteiger partial charge in [-0.25, -0.2) is 4.98 Å². The van der Waals surface area contributed by atoms with E-state index < -0.39 is 0 Å². The molecule has 4 heteroatoms. The normalized spacial score (nSPS) is 16.4. The Bertz CT molecular complexity index is 307. The minimum atomic E-state index is 0.667. The van der Waals surface area contributed by atoms with Crippen molar-refractivity contribution in [2.75, 3.05) is 24.5 Å². The molecule has 0 radical (unpaired) electrons. The summed E-state index contributed by atoms with van der Waals surface area (Å²) in [6, 6.07) is 0.667. The molecule has 0 aromatic carbocycles. The molecule has 0 saturated carbocycles. The van der Waals surface area contributed by atoms with Crippen LogP contribution in [0.1, 0.15) is 26.0 Å². The number of rotatable bonds is 5. The zero-order valence-electron chi connectivity index (χ0n) is 9.49. The number of aryl methyl sites for hydroxylation is 1. The van der Waals surface area contributed by atoms with E-state index in [4.69, 9.17) is 0 Å². The quantitative estimate of drug-likeness (QED) is 0.829. The van der Waals surface area contributed by atoms with Gasteiger partial charge < -0.3 is 10.2 Å². The molecule has 84 valence electrons. The van der Waals surface area contributed by atoms with Crippen LogP contribution in [0.25, 0.3) is 0 Å². The van der Waals surface area contributed by atoms with Gasteiger partial charge >= 0.3 is 0 Å². The van der Waals surface area contributed by atoms with E-state index in [0.717, 1.165) is 26.1 Å². The van der Waals surface area contributed by atoms with Crippen LogP contribution < -0.4 is 10.2 Å². The van der Waals surface area contributed by atoms with Crippen LogP contribution in [0.15, 0.2) is 5.38 Å². The van der Waals surface area contributed by atoms with Crippen molar-refractivity contribution in [2.45, 2.75) is 32.7 Å². The summed E-state index contributed by atoms with van der Waals surface area (Å²) < 4.78 is 0. The lowest BCUT2D eigenvalue weighted by atomic mass is 10.1. The molecule has 1 aromatic rings. The number of aromatic nitrogens is 1. The summed E-state index contributed by atoms with van der Waals surface area (Å²) in [5.74, 6) is 0. The van der Waals surface area contributed by atoms with Gasteiger partial charge in [-0.3, -0.25) is 0 Å². The topological polar surface area (TPSA) is 28.2 Å². The first-order valence-electron chi connectivity index (χ1n) is 5.77.